The Labute approximate surface area is 235 Å². The zero-order valence-corrected chi connectivity index (χ0v) is 22.5. The number of amides is 1. The van der Waals surface area contributed by atoms with Crippen molar-refractivity contribution in [2.24, 2.45) is 0 Å². The zero-order valence-electron chi connectivity index (χ0n) is 21.7. The molecule has 0 bridgehead atoms. The number of carbonyl (C=O) groups is 1. The van der Waals surface area contributed by atoms with Crippen LogP contribution in [-0.4, -0.2) is 20.1 Å². The Morgan fingerprint density at radius 3 is 2.30 bits per heavy atom. The van der Waals surface area contributed by atoms with E-state index in [1.54, 1.807) is 61.7 Å². The van der Waals surface area contributed by atoms with E-state index in [9.17, 15) is 9.59 Å². The molecular weight excluding hydrogens is 530 g/mol. The number of anilines is 1. The van der Waals surface area contributed by atoms with Crippen LogP contribution in [0.5, 0.6) is 17.2 Å². The second kappa shape index (κ2) is 10.4. The third-order valence-corrected chi connectivity index (χ3v) is 7.23. The molecule has 0 aliphatic carbocycles. The first-order valence-corrected chi connectivity index (χ1v) is 13.0. The Morgan fingerprint density at radius 2 is 1.55 bits per heavy atom. The van der Waals surface area contributed by atoms with Crippen molar-refractivity contribution in [2.45, 2.75) is 12.6 Å². The summed E-state index contributed by atoms with van der Waals surface area (Å²) in [4.78, 5) is 29.2. The molecule has 1 atom stereocenters. The molecule has 0 radical (unpaired) electrons. The van der Waals surface area contributed by atoms with E-state index in [0.29, 0.717) is 51.1 Å². The van der Waals surface area contributed by atoms with Gasteiger partial charge in [0.2, 0.25) is 5.76 Å². The molecule has 2 heterocycles. The lowest BCUT2D eigenvalue weighted by Crippen LogP contribution is -2.29. The third-order valence-electron chi connectivity index (χ3n) is 6.93. The number of para-hydroxylation sites is 1. The molecule has 0 fully saturated rings. The van der Waals surface area contributed by atoms with Gasteiger partial charge in [-0.25, -0.2) is 0 Å². The molecule has 0 saturated carbocycles. The number of ether oxygens (including phenoxy) is 3. The minimum absolute atomic E-state index is 0.0102. The normalized spacial score (nSPS) is 14.3. The van der Waals surface area contributed by atoms with Crippen LogP contribution in [0.3, 0.4) is 0 Å². The Morgan fingerprint density at radius 1 is 0.825 bits per heavy atom. The van der Waals surface area contributed by atoms with E-state index in [-0.39, 0.29) is 16.8 Å². The van der Waals surface area contributed by atoms with E-state index in [1.165, 1.54) is 12.0 Å². The fourth-order valence-electron chi connectivity index (χ4n) is 5.02. The van der Waals surface area contributed by atoms with Gasteiger partial charge in [0, 0.05) is 5.69 Å². The summed E-state index contributed by atoms with van der Waals surface area (Å²) in [5.41, 5.74) is 2.45. The first kappa shape index (κ1) is 25.5. The fraction of sp³-hybridized carbons (Fsp3) is 0.125. The van der Waals surface area contributed by atoms with E-state index in [4.69, 9.17) is 30.2 Å². The minimum atomic E-state index is -0.801. The van der Waals surface area contributed by atoms with Crippen LogP contribution in [-0.2, 0) is 6.61 Å². The van der Waals surface area contributed by atoms with Gasteiger partial charge in [0.15, 0.2) is 16.9 Å². The summed E-state index contributed by atoms with van der Waals surface area (Å²) in [5.74, 6) is 1.00. The van der Waals surface area contributed by atoms with Crippen molar-refractivity contribution in [3.63, 3.8) is 0 Å². The smallest absolute Gasteiger partial charge is 0.295 e. The number of nitrogens with zero attached hydrogens (tertiary/aromatic N) is 1. The maximum Gasteiger partial charge on any atom is 0.295 e. The third kappa shape index (κ3) is 4.34. The molecule has 4 aromatic carbocycles. The van der Waals surface area contributed by atoms with E-state index < -0.39 is 11.9 Å². The molecule has 7 nitrogen and oxygen atoms in total. The molecule has 0 N–H and O–H groups in total. The molecule has 1 amide bonds. The van der Waals surface area contributed by atoms with Crippen molar-refractivity contribution in [2.75, 3.05) is 19.1 Å². The maximum atomic E-state index is 13.9. The molecule has 1 unspecified atom stereocenters. The number of methoxy groups -OCH3 is 2. The first-order chi connectivity index (χ1) is 19.5. The van der Waals surface area contributed by atoms with Crippen molar-refractivity contribution >= 4 is 34.2 Å². The molecule has 1 aliphatic heterocycles. The summed E-state index contributed by atoms with van der Waals surface area (Å²) in [6.45, 7) is 0.355. The van der Waals surface area contributed by atoms with Crippen molar-refractivity contribution < 1.29 is 23.4 Å². The zero-order chi connectivity index (χ0) is 27.8. The molecular formula is C32H24ClNO6. The number of fused-ring (bicyclic) bond motifs is 2. The summed E-state index contributed by atoms with van der Waals surface area (Å²) in [6, 6.07) is 26.3. The maximum absolute atomic E-state index is 13.9. The van der Waals surface area contributed by atoms with Gasteiger partial charge in [0.25, 0.3) is 5.91 Å². The highest BCUT2D eigenvalue weighted by Crippen LogP contribution is 2.44. The van der Waals surface area contributed by atoms with Crippen molar-refractivity contribution in [3.05, 3.63) is 129 Å². The molecule has 0 saturated heterocycles. The lowest BCUT2D eigenvalue weighted by molar-refractivity contribution is 0.0971. The number of hydrogen-bond donors (Lipinski definition) is 0. The monoisotopic (exact) mass is 553 g/mol. The quantitative estimate of drug-likeness (QED) is 0.221. The second-order valence-corrected chi connectivity index (χ2v) is 9.66. The SMILES string of the molecule is COc1ccc(N2C(=O)c3oc4ccccc4c(=O)c3C2c2ccc(OCc3ccccc3)c(OC)c2)cc1Cl. The summed E-state index contributed by atoms with van der Waals surface area (Å²) >= 11 is 6.45. The van der Waals surface area contributed by atoms with Gasteiger partial charge in [-0.05, 0) is 53.6 Å². The summed E-state index contributed by atoms with van der Waals surface area (Å²) in [7, 11) is 3.06. The summed E-state index contributed by atoms with van der Waals surface area (Å²) in [5, 5.41) is 0.720. The molecule has 200 valence electrons. The van der Waals surface area contributed by atoms with E-state index in [0.717, 1.165) is 5.56 Å². The predicted octanol–water partition coefficient (Wildman–Crippen LogP) is 6.79. The Balaban J connectivity index is 1.49. The van der Waals surface area contributed by atoms with Crippen LogP contribution in [0.25, 0.3) is 11.0 Å². The van der Waals surface area contributed by atoms with E-state index >= 15 is 0 Å². The molecule has 40 heavy (non-hydrogen) atoms. The van der Waals surface area contributed by atoms with E-state index in [2.05, 4.69) is 0 Å². The van der Waals surface area contributed by atoms with Gasteiger partial charge in [-0.1, -0.05) is 60.1 Å². The van der Waals surface area contributed by atoms with Crippen LogP contribution in [0.2, 0.25) is 5.02 Å². The average Bonchev–Trinajstić information content (AvgIpc) is 3.28. The largest absolute Gasteiger partial charge is 0.495 e. The van der Waals surface area contributed by atoms with Gasteiger partial charge in [0.05, 0.1) is 36.2 Å². The van der Waals surface area contributed by atoms with Crippen LogP contribution in [0, 0.1) is 0 Å². The van der Waals surface area contributed by atoms with Crippen molar-refractivity contribution in [1.82, 2.24) is 0 Å². The number of rotatable bonds is 7. The standard InChI is InChI=1S/C32H24ClNO6/c1-37-25-15-13-21(17-23(25)33)34-29(28-30(35)22-10-6-7-11-24(22)40-31(28)32(34)36)20-12-14-26(27(16-20)38-2)39-18-19-8-4-3-5-9-19/h3-17,29H,18H2,1-2H3. The summed E-state index contributed by atoms with van der Waals surface area (Å²) < 4.78 is 23.0. The molecule has 0 spiro atoms. The molecule has 5 aromatic rings. The average molecular weight is 554 g/mol. The van der Waals surface area contributed by atoms with Crippen LogP contribution >= 0.6 is 11.6 Å². The number of hydrogen-bond acceptors (Lipinski definition) is 6. The second-order valence-electron chi connectivity index (χ2n) is 9.25. The lowest BCUT2D eigenvalue weighted by Gasteiger charge is -2.26. The fourth-order valence-corrected chi connectivity index (χ4v) is 5.27. The van der Waals surface area contributed by atoms with E-state index in [1.807, 2.05) is 36.4 Å². The molecule has 6 rings (SSSR count). The van der Waals surface area contributed by atoms with Crippen LogP contribution < -0.4 is 24.5 Å². The van der Waals surface area contributed by atoms with Gasteiger partial charge in [-0.3, -0.25) is 14.5 Å². The Kier molecular flexibility index (Phi) is 6.66. The highest BCUT2D eigenvalue weighted by molar-refractivity contribution is 6.32. The topological polar surface area (TPSA) is 78.2 Å². The highest BCUT2D eigenvalue weighted by atomic mass is 35.5. The number of halogens is 1. The van der Waals surface area contributed by atoms with Gasteiger partial charge in [0.1, 0.15) is 17.9 Å². The number of benzene rings is 4. The van der Waals surface area contributed by atoms with Crippen molar-refractivity contribution in [3.8, 4) is 17.2 Å². The lowest BCUT2D eigenvalue weighted by atomic mass is 9.97. The van der Waals surface area contributed by atoms with Gasteiger partial charge in [-0.15, -0.1) is 0 Å². The molecule has 1 aliphatic rings. The van der Waals surface area contributed by atoms with Crippen LogP contribution in [0.15, 0.2) is 100 Å². The molecule has 1 aromatic heterocycles. The van der Waals surface area contributed by atoms with Gasteiger partial charge >= 0.3 is 0 Å². The molecule has 8 heteroatoms. The van der Waals surface area contributed by atoms with Crippen molar-refractivity contribution in [1.29, 1.82) is 0 Å². The Hall–Kier alpha value is -4.75. The van der Waals surface area contributed by atoms with Gasteiger partial charge in [-0.2, -0.15) is 0 Å². The Bertz CT molecular complexity index is 1800. The minimum Gasteiger partial charge on any atom is -0.495 e. The van der Waals surface area contributed by atoms with Gasteiger partial charge < -0.3 is 18.6 Å². The highest BCUT2D eigenvalue weighted by Gasteiger charge is 2.44. The summed E-state index contributed by atoms with van der Waals surface area (Å²) in [6.07, 6.45) is 0. The predicted molar refractivity (Wildman–Crippen MR) is 153 cm³/mol. The van der Waals surface area contributed by atoms with Crippen LogP contribution in [0.4, 0.5) is 5.69 Å². The first-order valence-electron chi connectivity index (χ1n) is 12.6. The number of carbonyl (C=O) groups excluding carboxylic acids is 1. The van der Waals surface area contributed by atoms with Crippen LogP contribution in [0.1, 0.15) is 33.3 Å².